The van der Waals surface area contributed by atoms with E-state index in [9.17, 15) is 0 Å². The molecule has 0 aliphatic heterocycles. The fraction of sp³-hybridized carbons (Fsp3) is 0.643. The van der Waals surface area contributed by atoms with Gasteiger partial charge in [0, 0.05) is 12.2 Å². The number of aryl methyl sites for hydroxylation is 1. The molecule has 1 fully saturated rings. The highest BCUT2D eigenvalue weighted by molar-refractivity contribution is 5.49. The molecule has 2 atom stereocenters. The molecule has 1 aromatic heterocycles. The number of hydrogen-bond donors (Lipinski definition) is 1. The topological polar surface area (TPSA) is 24.9 Å². The van der Waals surface area contributed by atoms with Crippen molar-refractivity contribution in [1.29, 1.82) is 0 Å². The van der Waals surface area contributed by atoms with Crippen LogP contribution in [0.25, 0.3) is 0 Å². The van der Waals surface area contributed by atoms with Crippen molar-refractivity contribution in [3.63, 3.8) is 0 Å². The molecule has 1 N–H and O–H groups in total. The first-order valence-corrected chi connectivity index (χ1v) is 6.35. The van der Waals surface area contributed by atoms with Gasteiger partial charge >= 0.3 is 0 Å². The summed E-state index contributed by atoms with van der Waals surface area (Å²) in [5.74, 6) is 1.53. The zero-order chi connectivity index (χ0) is 11.5. The van der Waals surface area contributed by atoms with Crippen LogP contribution in [0.4, 0.5) is 5.69 Å². The number of nitrogens with one attached hydrogen (secondary N) is 1. The maximum absolute atomic E-state index is 4.20. The van der Waals surface area contributed by atoms with Crippen molar-refractivity contribution in [2.75, 3.05) is 5.32 Å². The second kappa shape index (κ2) is 4.86. The van der Waals surface area contributed by atoms with Gasteiger partial charge in [-0.15, -0.1) is 0 Å². The Kier molecular flexibility index (Phi) is 3.47. The third-order valence-electron chi connectivity index (χ3n) is 3.91. The Balaban J connectivity index is 2.11. The average molecular weight is 218 g/mol. The highest BCUT2D eigenvalue weighted by atomic mass is 14.9. The third kappa shape index (κ3) is 2.37. The molecular formula is C14H22N2. The van der Waals surface area contributed by atoms with E-state index in [1.54, 1.807) is 0 Å². The second-order valence-corrected chi connectivity index (χ2v) is 5.25. The van der Waals surface area contributed by atoms with Gasteiger partial charge in [0.15, 0.2) is 0 Å². The smallest absolute Gasteiger partial charge is 0.0558 e. The summed E-state index contributed by atoms with van der Waals surface area (Å²) in [5.41, 5.74) is 2.49. The van der Waals surface area contributed by atoms with Gasteiger partial charge in [-0.2, -0.15) is 0 Å². The van der Waals surface area contributed by atoms with Crippen LogP contribution in [0.2, 0.25) is 0 Å². The van der Waals surface area contributed by atoms with Crippen LogP contribution in [0.5, 0.6) is 0 Å². The quantitative estimate of drug-likeness (QED) is 0.820. The lowest BCUT2D eigenvalue weighted by Crippen LogP contribution is -2.37. The predicted octanol–water partition coefficient (Wildman–Crippen LogP) is 3.63. The molecule has 1 aliphatic carbocycles. The van der Waals surface area contributed by atoms with Crippen molar-refractivity contribution in [3.8, 4) is 0 Å². The van der Waals surface area contributed by atoms with Gasteiger partial charge in [-0.05, 0) is 43.2 Å². The number of rotatable bonds is 2. The summed E-state index contributed by atoms with van der Waals surface area (Å²) in [5, 5.41) is 3.69. The molecule has 0 saturated heterocycles. The van der Waals surface area contributed by atoms with Crippen molar-refractivity contribution < 1.29 is 0 Å². The van der Waals surface area contributed by atoms with E-state index >= 15 is 0 Å². The first-order chi connectivity index (χ1) is 7.68. The third-order valence-corrected chi connectivity index (χ3v) is 3.91. The van der Waals surface area contributed by atoms with E-state index in [1.165, 1.54) is 30.5 Å². The van der Waals surface area contributed by atoms with Crippen LogP contribution >= 0.6 is 0 Å². The van der Waals surface area contributed by atoms with Gasteiger partial charge in [-0.1, -0.05) is 20.3 Å². The minimum Gasteiger partial charge on any atom is -0.380 e. The Labute approximate surface area is 98.5 Å². The molecule has 88 valence electrons. The summed E-state index contributed by atoms with van der Waals surface area (Å²) in [6.45, 7) is 6.86. The largest absolute Gasteiger partial charge is 0.380 e. The molecule has 0 radical (unpaired) electrons. The van der Waals surface area contributed by atoms with Crippen LogP contribution in [-0.4, -0.2) is 11.0 Å². The standard InChI is InChI=1S/C14H22N2/c1-10-7-8-15-9-13(10)16-14-11(2)5-4-6-12(14)3/h7-9,11-12,14,16H,4-6H2,1-3H3. The van der Waals surface area contributed by atoms with E-state index in [4.69, 9.17) is 0 Å². The molecule has 0 aromatic carbocycles. The molecule has 1 aromatic rings. The number of pyridine rings is 1. The predicted molar refractivity (Wildman–Crippen MR) is 68.6 cm³/mol. The monoisotopic (exact) mass is 218 g/mol. The highest BCUT2D eigenvalue weighted by Crippen LogP contribution is 2.31. The summed E-state index contributed by atoms with van der Waals surface area (Å²) in [4.78, 5) is 4.20. The second-order valence-electron chi connectivity index (χ2n) is 5.25. The zero-order valence-electron chi connectivity index (χ0n) is 10.5. The minimum absolute atomic E-state index is 0.608. The Hall–Kier alpha value is -1.05. The number of nitrogens with zero attached hydrogens (tertiary/aromatic N) is 1. The van der Waals surface area contributed by atoms with Crippen molar-refractivity contribution in [2.45, 2.75) is 46.1 Å². The summed E-state index contributed by atoms with van der Waals surface area (Å²) in [7, 11) is 0. The molecule has 2 rings (SSSR count). The molecule has 1 heterocycles. The SMILES string of the molecule is Cc1ccncc1NC1C(C)CCCC1C. The summed E-state index contributed by atoms with van der Waals surface area (Å²) >= 11 is 0. The zero-order valence-corrected chi connectivity index (χ0v) is 10.5. The molecule has 2 nitrogen and oxygen atoms in total. The van der Waals surface area contributed by atoms with Crippen molar-refractivity contribution in [2.24, 2.45) is 11.8 Å². The van der Waals surface area contributed by atoms with Gasteiger partial charge in [0.05, 0.1) is 11.9 Å². The van der Waals surface area contributed by atoms with Gasteiger partial charge < -0.3 is 5.32 Å². The van der Waals surface area contributed by atoms with Crippen LogP contribution in [-0.2, 0) is 0 Å². The Morgan fingerprint density at radius 3 is 2.56 bits per heavy atom. The van der Waals surface area contributed by atoms with Gasteiger partial charge in [0.25, 0.3) is 0 Å². The Bertz CT molecular complexity index is 338. The molecular weight excluding hydrogens is 196 g/mol. The molecule has 1 aliphatic rings. The molecule has 1 saturated carbocycles. The number of hydrogen-bond acceptors (Lipinski definition) is 2. The lowest BCUT2D eigenvalue weighted by molar-refractivity contribution is 0.268. The average Bonchev–Trinajstić information content (AvgIpc) is 2.26. The maximum Gasteiger partial charge on any atom is 0.0558 e. The summed E-state index contributed by atoms with van der Waals surface area (Å²) in [6, 6.07) is 2.68. The van der Waals surface area contributed by atoms with Crippen molar-refractivity contribution in [1.82, 2.24) is 4.98 Å². The van der Waals surface area contributed by atoms with Gasteiger partial charge in [-0.25, -0.2) is 0 Å². The van der Waals surface area contributed by atoms with E-state index in [0.29, 0.717) is 6.04 Å². The van der Waals surface area contributed by atoms with E-state index in [2.05, 4.69) is 37.1 Å². The molecule has 0 amide bonds. The maximum atomic E-state index is 4.20. The minimum atomic E-state index is 0.608. The van der Waals surface area contributed by atoms with E-state index in [0.717, 1.165) is 11.8 Å². The van der Waals surface area contributed by atoms with Gasteiger partial charge in [0.2, 0.25) is 0 Å². The van der Waals surface area contributed by atoms with Crippen molar-refractivity contribution >= 4 is 5.69 Å². The normalized spacial score (nSPS) is 30.1. The molecule has 0 bridgehead atoms. The van der Waals surface area contributed by atoms with E-state index < -0.39 is 0 Å². The van der Waals surface area contributed by atoms with E-state index in [1.807, 2.05) is 12.4 Å². The lowest BCUT2D eigenvalue weighted by Gasteiger charge is -2.36. The highest BCUT2D eigenvalue weighted by Gasteiger charge is 2.27. The van der Waals surface area contributed by atoms with Gasteiger partial charge in [-0.3, -0.25) is 4.98 Å². The molecule has 0 spiro atoms. The molecule has 2 heteroatoms. The van der Waals surface area contributed by atoms with Crippen LogP contribution in [0.15, 0.2) is 18.5 Å². The molecule has 2 unspecified atom stereocenters. The Morgan fingerprint density at radius 2 is 1.94 bits per heavy atom. The first kappa shape index (κ1) is 11.4. The summed E-state index contributed by atoms with van der Waals surface area (Å²) in [6.07, 6.45) is 7.88. The van der Waals surface area contributed by atoms with Crippen LogP contribution < -0.4 is 5.32 Å². The number of anilines is 1. The fourth-order valence-electron chi connectivity index (χ4n) is 2.76. The van der Waals surface area contributed by atoms with Gasteiger partial charge in [0.1, 0.15) is 0 Å². The number of aromatic nitrogens is 1. The molecule has 16 heavy (non-hydrogen) atoms. The lowest BCUT2D eigenvalue weighted by atomic mass is 9.78. The van der Waals surface area contributed by atoms with Crippen LogP contribution in [0.3, 0.4) is 0 Å². The first-order valence-electron chi connectivity index (χ1n) is 6.35. The van der Waals surface area contributed by atoms with E-state index in [-0.39, 0.29) is 0 Å². The Morgan fingerprint density at radius 1 is 1.25 bits per heavy atom. The van der Waals surface area contributed by atoms with Crippen LogP contribution in [0, 0.1) is 18.8 Å². The van der Waals surface area contributed by atoms with Crippen molar-refractivity contribution in [3.05, 3.63) is 24.0 Å². The fourth-order valence-corrected chi connectivity index (χ4v) is 2.76. The summed E-state index contributed by atoms with van der Waals surface area (Å²) < 4.78 is 0. The van der Waals surface area contributed by atoms with Crippen LogP contribution in [0.1, 0.15) is 38.7 Å².